The molecular weight excluding hydrogens is 356 g/mol. The first-order valence-corrected chi connectivity index (χ1v) is 9.59. The number of hydrogen-bond acceptors (Lipinski definition) is 6. The van der Waals surface area contributed by atoms with E-state index in [1.807, 2.05) is 24.3 Å². The van der Waals surface area contributed by atoms with Gasteiger partial charge in [0, 0.05) is 13.0 Å². The van der Waals surface area contributed by atoms with Crippen molar-refractivity contribution in [2.45, 2.75) is 52.2 Å². The number of anilines is 1. The van der Waals surface area contributed by atoms with Gasteiger partial charge < -0.3 is 20.8 Å². The quantitative estimate of drug-likeness (QED) is 0.464. The molecule has 0 unspecified atom stereocenters. The van der Waals surface area contributed by atoms with Gasteiger partial charge in [-0.3, -0.25) is 4.79 Å². The van der Waals surface area contributed by atoms with Crippen LogP contribution < -0.4 is 15.8 Å². The Bertz CT molecular complexity index is 907. The van der Waals surface area contributed by atoms with Crippen LogP contribution in [0, 0.1) is 0 Å². The van der Waals surface area contributed by atoms with Gasteiger partial charge in [-0.25, -0.2) is 4.98 Å². The molecule has 3 aromatic rings. The lowest BCUT2D eigenvalue weighted by Crippen LogP contribution is -2.22. The van der Waals surface area contributed by atoms with E-state index in [1.54, 1.807) is 0 Å². The first kappa shape index (κ1) is 19.6. The lowest BCUT2D eigenvalue weighted by molar-refractivity contribution is -0.121. The second-order valence-corrected chi connectivity index (χ2v) is 6.68. The number of amides is 1. The number of imidazole rings is 1. The molecule has 0 spiro atoms. The number of aromatic amines is 1. The molecule has 148 valence electrons. The largest absolute Gasteiger partial charge is 0.471 e. The number of H-pyrrole nitrogens is 1. The van der Waals surface area contributed by atoms with E-state index in [9.17, 15) is 4.79 Å². The Morgan fingerprint density at radius 1 is 1.14 bits per heavy atom. The molecule has 0 bridgehead atoms. The van der Waals surface area contributed by atoms with Crippen molar-refractivity contribution < 1.29 is 9.53 Å². The van der Waals surface area contributed by atoms with Crippen LogP contribution in [0.15, 0.2) is 30.6 Å². The van der Waals surface area contributed by atoms with E-state index in [-0.39, 0.29) is 11.9 Å². The summed E-state index contributed by atoms with van der Waals surface area (Å²) in [7, 11) is 0. The minimum Gasteiger partial charge on any atom is -0.471 e. The van der Waals surface area contributed by atoms with Crippen LogP contribution in [0.2, 0.25) is 0 Å². The number of aromatic nitrogens is 4. The maximum Gasteiger partial charge on any atom is 0.245 e. The number of rotatable bonds is 10. The maximum absolute atomic E-state index is 11.9. The number of nitrogens with zero attached hydrogens (tertiary/aromatic N) is 3. The first-order chi connectivity index (χ1) is 13.7. The van der Waals surface area contributed by atoms with Gasteiger partial charge in [0.15, 0.2) is 5.65 Å². The summed E-state index contributed by atoms with van der Waals surface area (Å²) in [5.41, 5.74) is 8.81. The SMILES string of the molecule is CCCCCCC(=O)NCc1ccc(COc2nc(N)nc3nc[nH]c23)cc1. The number of fused-ring (bicyclic) bond motifs is 1. The van der Waals surface area contributed by atoms with Gasteiger partial charge in [0.25, 0.3) is 0 Å². The molecule has 28 heavy (non-hydrogen) atoms. The van der Waals surface area contributed by atoms with Gasteiger partial charge in [0.1, 0.15) is 12.1 Å². The topological polar surface area (TPSA) is 119 Å². The Balaban J connectivity index is 1.48. The average molecular weight is 382 g/mol. The molecule has 1 aromatic carbocycles. The van der Waals surface area contributed by atoms with Crippen LogP contribution in [0.4, 0.5) is 5.95 Å². The van der Waals surface area contributed by atoms with Crippen molar-refractivity contribution in [3.8, 4) is 5.88 Å². The highest BCUT2D eigenvalue weighted by molar-refractivity contribution is 5.76. The van der Waals surface area contributed by atoms with E-state index in [2.05, 4.69) is 32.2 Å². The van der Waals surface area contributed by atoms with E-state index >= 15 is 0 Å². The van der Waals surface area contributed by atoms with E-state index in [0.717, 1.165) is 24.0 Å². The molecule has 2 heterocycles. The molecule has 0 aliphatic carbocycles. The van der Waals surface area contributed by atoms with Crippen molar-refractivity contribution in [1.29, 1.82) is 0 Å². The number of unbranched alkanes of at least 4 members (excludes halogenated alkanes) is 3. The molecule has 0 saturated heterocycles. The standard InChI is InChI=1S/C20H26N6O2/c1-2-3-4-5-6-16(27)22-11-14-7-9-15(10-8-14)12-28-19-17-18(24-13-23-17)25-20(21)26-19/h7-10,13H,2-6,11-12H2,1H3,(H,22,27)(H3,21,23,24,25,26). The smallest absolute Gasteiger partial charge is 0.245 e. The molecule has 4 N–H and O–H groups in total. The summed E-state index contributed by atoms with van der Waals surface area (Å²) < 4.78 is 5.77. The molecule has 8 heteroatoms. The summed E-state index contributed by atoms with van der Waals surface area (Å²) in [4.78, 5) is 27.0. The van der Waals surface area contributed by atoms with Crippen molar-refractivity contribution in [2.24, 2.45) is 0 Å². The van der Waals surface area contributed by atoms with Crippen LogP contribution in [0.1, 0.15) is 50.2 Å². The monoisotopic (exact) mass is 382 g/mol. The highest BCUT2D eigenvalue weighted by atomic mass is 16.5. The second kappa shape index (κ2) is 9.68. The predicted octanol–water partition coefficient (Wildman–Crippen LogP) is 3.10. The number of nitrogens with one attached hydrogen (secondary N) is 2. The summed E-state index contributed by atoms with van der Waals surface area (Å²) in [5.74, 6) is 0.600. The van der Waals surface area contributed by atoms with E-state index < -0.39 is 0 Å². The van der Waals surface area contributed by atoms with Crippen molar-refractivity contribution in [3.63, 3.8) is 0 Å². The number of carbonyl (C=O) groups excluding carboxylic acids is 1. The molecule has 2 aromatic heterocycles. The Hall–Kier alpha value is -3.16. The lowest BCUT2D eigenvalue weighted by atomic mass is 10.1. The maximum atomic E-state index is 11.9. The number of carbonyl (C=O) groups is 1. The number of benzene rings is 1. The molecule has 0 saturated carbocycles. The summed E-state index contributed by atoms with van der Waals surface area (Å²) in [6.07, 6.45) is 6.54. The van der Waals surface area contributed by atoms with Crippen LogP contribution in [0.3, 0.4) is 0 Å². The molecule has 0 fully saturated rings. The van der Waals surface area contributed by atoms with Gasteiger partial charge in [-0.05, 0) is 17.5 Å². The highest BCUT2D eigenvalue weighted by Gasteiger charge is 2.10. The van der Waals surface area contributed by atoms with Gasteiger partial charge >= 0.3 is 0 Å². The summed E-state index contributed by atoms with van der Waals surface area (Å²) in [6, 6.07) is 7.90. The molecule has 3 rings (SSSR count). The van der Waals surface area contributed by atoms with E-state index in [1.165, 1.54) is 19.2 Å². The fourth-order valence-corrected chi connectivity index (χ4v) is 2.83. The normalized spacial score (nSPS) is 10.9. The van der Waals surface area contributed by atoms with Crippen molar-refractivity contribution in [2.75, 3.05) is 5.73 Å². The Morgan fingerprint density at radius 2 is 1.93 bits per heavy atom. The summed E-state index contributed by atoms with van der Waals surface area (Å²) >= 11 is 0. The van der Waals surface area contributed by atoms with Crippen molar-refractivity contribution >= 4 is 23.0 Å². The number of nitrogen functional groups attached to an aromatic ring is 1. The van der Waals surface area contributed by atoms with Gasteiger partial charge in [-0.1, -0.05) is 50.5 Å². The minimum atomic E-state index is 0.105. The third-order valence-electron chi connectivity index (χ3n) is 4.42. The molecule has 0 radical (unpaired) electrons. The lowest BCUT2D eigenvalue weighted by Gasteiger charge is -2.08. The van der Waals surface area contributed by atoms with Crippen LogP contribution in [0.5, 0.6) is 5.88 Å². The van der Waals surface area contributed by atoms with Crippen LogP contribution in [-0.2, 0) is 17.9 Å². The van der Waals surface area contributed by atoms with E-state index in [4.69, 9.17) is 10.5 Å². The zero-order valence-electron chi connectivity index (χ0n) is 16.1. The average Bonchev–Trinajstić information content (AvgIpc) is 3.17. The zero-order chi connectivity index (χ0) is 19.8. The molecule has 0 atom stereocenters. The van der Waals surface area contributed by atoms with Gasteiger partial charge in [-0.15, -0.1) is 0 Å². The third kappa shape index (κ3) is 5.42. The van der Waals surface area contributed by atoms with Gasteiger partial charge in [0.2, 0.25) is 17.7 Å². The molecule has 8 nitrogen and oxygen atoms in total. The minimum absolute atomic E-state index is 0.105. The summed E-state index contributed by atoms with van der Waals surface area (Å²) in [5, 5.41) is 2.96. The zero-order valence-corrected chi connectivity index (χ0v) is 16.1. The van der Waals surface area contributed by atoms with Crippen molar-refractivity contribution in [3.05, 3.63) is 41.7 Å². The van der Waals surface area contributed by atoms with Crippen LogP contribution in [-0.4, -0.2) is 25.8 Å². The number of ether oxygens (including phenoxy) is 1. The predicted molar refractivity (Wildman–Crippen MR) is 107 cm³/mol. The third-order valence-corrected chi connectivity index (χ3v) is 4.42. The van der Waals surface area contributed by atoms with Crippen molar-refractivity contribution in [1.82, 2.24) is 25.3 Å². The fraction of sp³-hybridized carbons (Fsp3) is 0.400. The second-order valence-electron chi connectivity index (χ2n) is 6.68. The van der Waals surface area contributed by atoms with Crippen LogP contribution >= 0.6 is 0 Å². The molecule has 1 amide bonds. The first-order valence-electron chi connectivity index (χ1n) is 9.59. The van der Waals surface area contributed by atoms with Gasteiger partial charge in [-0.2, -0.15) is 9.97 Å². The summed E-state index contributed by atoms with van der Waals surface area (Å²) in [6.45, 7) is 3.04. The number of hydrogen-bond donors (Lipinski definition) is 3. The van der Waals surface area contributed by atoms with E-state index in [0.29, 0.717) is 36.6 Å². The Kier molecular flexibility index (Phi) is 6.78. The highest BCUT2D eigenvalue weighted by Crippen LogP contribution is 2.20. The molecule has 0 aliphatic rings. The van der Waals surface area contributed by atoms with Crippen LogP contribution in [0.25, 0.3) is 11.2 Å². The number of nitrogens with two attached hydrogens (primary N) is 1. The van der Waals surface area contributed by atoms with Gasteiger partial charge in [0.05, 0.1) is 6.33 Å². The fourth-order valence-electron chi connectivity index (χ4n) is 2.83. The Labute approximate surface area is 163 Å². The molecule has 0 aliphatic heterocycles. The molecular formula is C20H26N6O2. The Morgan fingerprint density at radius 3 is 2.71 bits per heavy atom.